The van der Waals surface area contributed by atoms with Crippen LogP contribution in [0.4, 0.5) is 28.4 Å². The van der Waals surface area contributed by atoms with Crippen molar-refractivity contribution in [2.75, 3.05) is 23.9 Å². The van der Waals surface area contributed by atoms with Gasteiger partial charge in [0.15, 0.2) is 19.7 Å². The Morgan fingerprint density at radius 3 is 1.59 bits per heavy atom. The molecule has 337 valence electrons. The number of benzene rings is 4. The summed E-state index contributed by atoms with van der Waals surface area (Å²) in [6.07, 6.45) is 0. The van der Waals surface area contributed by atoms with E-state index in [0.717, 1.165) is 18.2 Å². The van der Waals surface area contributed by atoms with E-state index in [4.69, 9.17) is 47.7 Å². The van der Waals surface area contributed by atoms with Crippen molar-refractivity contribution in [3.63, 3.8) is 0 Å². The van der Waals surface area contributed by atoms with Crippen LogP contribution in [0.1, 0.15) is 5.56 Å². The molecule has 0 fully saturated rings. The number of aryl methyl sites for hydroxylation is 1. The molecule has 0 saturated heterocycles. The maximum atomic E-state index is 12.2. The molecule has 0 amide bonds. The van der Waals surface area contributed by atoms with Crippen molar-refractivity contribution < 1.29 is 223 Å². The van der Waals surface area contributed by atoms with Crippen LogP contribution in [0.15, 0.2) is 83.7 Å². The fourth-order valence-electron chi connectivity index (χ4n) is 4.17. The van der Waals surface area contributed by atoms with Crippen molar-refractivity contribution >= 4 is 100 Å². The summed E-state index contributed by atoms with van der Waals surface area (Å²) in [6, 6.07) is 12.3. The van der Waals surface area contributed by atoms with Gasteiger partial charge in [-0.1, -0.05) is 28.3 Å². The molecular formula is C28H27CuN5Na4O20S6-2. The van der Waals surface area contributed by atoms with E-state index in [9.17, 15) is 40.0 Å². The molecule has 36 heteroatoms. The monoisotopic (exact) mass is 1100 g/mol. The maximum Gasteiger partial charge on any atom is 1.00 e. The van der Waals surface area contributed by atoms with Crippen LogP contribution in [0.3, 0.4) is 0 Å². The molecule has 5 N–H and O–H groups in total. The van der Waals surface area contributed by atoms with Crippen LogP contribution in [0.25, 0.3) is 10.8 Å². The zero-order valence-corrected chi connectivity index (χ0v) is 47.6. The molecule has 4 aromatic carbocycles. The second-order valence-electron chi connectivity index (χ2n) is 10.4. The molecule has 4 aromatic rings. The maximum absolute atomic E-state index is 12.2. The molecule has 64 heavy (non-hydrogen) atoms. The van der Waals surface area contributed by atoms with Gasteiger partial charge < -0.3 is 43.0 Å². The first kappa shape index (κ1) is 72.4. The van der Waals surface area contributed by atoms with Gasteiger partial charge in [-0.25, -0.2) is 42.1 Å². The fourth-order valence-corrected chi connectivity index (χ4v) is 6.75. The first-order valence-corrected chi connectivity index (χ1v) is 23.0. The first-order valence-electron chi connectivity index (χ1n) is 14.6. The van der Waals surface area contributed by atoms with E-state index in [1.165, 1.54) is 31.2 Å². The number of hydrogen-bond acceptors (Lipinski definition) is 23. The van der Waals surface area contributed by atoms with Gasteiger partial charge >= 0.3 is 129 Å². The van der Waals surface area contributed by atoms with E-state index in [0.29, 0.717) is 17.3 Å². The fraction of sp³-hybridized carbons (Fsp3) is 0.143. The van der Waals surface area contributed by atoms with Gasteiger partial charge in [-0.05, 0) is 42.8 Å². The minimum absolute atomic E-state index is 0. The summed E-state index contributed by atoms with van der Waals surface area (Å²) in [5.74, 6) is -1.83. The molecule has 0 saturated carbocycles. The third-order valence-corrected chi connectivity index (χ3v) is 10.6. The van der Waals surface area contributed by atoms with Crippen molar-refractivity contribution in [2.45, 2.75) is 21.6 Å². The van der Waals surface area contributed by atoms with Gasteiger partial charge in [0.2, 0.25) is 20.8 Å². The molecule has 0 atom stereocenters. The molecule has 0 spiro atoms. The Morgan fingerprint density at radius 2 is 1.16 bits per heavy atom. The van der Waals surface area contributed by atoms with Crippen molar-refractivity contribution in [3.05, 3.63) is 74.0 Å². The second kappa shape index (κ2) is 30.8. The topological polar surface area (TPSA) is 433 Å². The van der Waals surface area contributed by atoms with E-state index >= 15 is 0 Å². The quantitative estimate of drug-likeness (QED) is 0.0324. The second-order valence-corrected chi connectivity index (χ2v) is 18.1. The normalized spacial score (nSPS) is 11.2. The van der Waals surface area contributed by atoms with Crippen LogP contribution < -0.4 is 124 Å². The summed E-state index contributed by atoms with van der Waals surface area (Å²) in [5, 5.41) is 40.6. The summed E-state index contributed by atoms with van der Waals surface area (Å²) >= 11 is 0. The SMILES string of the molecule is O=S(=O)([O-])O.O=S(=O)([O-])O.O=S(=O)=O.[CH2-]CS(=O)(=O)c1ccc(N=Nc2c(NC)ccc3c(O)c(N=Nc4cc(C)c(S(=O)(=O)C[CH2-])cc4O)[c-]cc23)c(S(=O)(=O)[O-])c1.[Cu].[Na+].[Na+].[Na+].[Na+]. The average Bonchev–Trinajstić information content (AvgIpc) is 3.09. The molecule has 0 aliphatic heterocycles. The van der Waals surface area contributed by atoms with Crippen LogP contribution in [0, 0.1) is 26.8 Å². The van der Waals surface area contributed by atoms with Gasteiger partial charge in [0.25, 0.3) is 0 Å². The molecule has 0 aliphatic carbocycles. The Bertz CT molecular complexity index is 2930. The van der Waals surface area contributed by atoms with Gasteiger partial charge in [0.05, 0.1) is 20.4 Å². The number of aromatic hydroxyl groups is 2. The van der Waals surface area contributed by atoms with E-state index in [-0.39, 0.29) is 168 Å². The van der Waals surface area contributed by atoms with Gasteiger partial charge in [0, 0.05) is 47.3 Å². The summed E-state index contributed by atoms with van der Waals surface area (Å²) in [4.78, 5) is -1.43. The molecule has 0 heterocycles. The van der Waals surface area contributed by atoms with Crippen LogP contribution in [-0.2, 0) is 78.3 Å². The number of anilines is 1. The number of azo groups is 2. The molecular weight excluding hydrogens is 1070 g/mol. The summed E-state index contributed by atoms with van der Waals surface area (Å²) in [5.41, 5.74) is 0.156. The summed E-state index contributed by atoms with van der Waals surface area (Å²) < 4.78 is 176. The van der Waals surface area contributed by atoms with Gasteiger partial charge in [-0.3, -0.25) is 9.11 Å². The van der Waals surface area contributed by atoms with Crippen LogP contribution in [0.5, 0.6) is 11.5 Å². The average molecular weight is 1100 g/mol. The largest absolute Gasteiger partial charge is 1.00 e. The van der Waals surface area contributed by atoms with Crippen LogP contribution in [-0.4, -0.2) is 106 Å². The summed E-state index contributed by atoms with van der Waals surface area (Å²) in [7, 11) is -24.2. The smallest absolute Gasteiger partial charge is 0.744 e. The number of phenolic OH excluding ortho intramolecular Hbond substituents is 2. The molecule has 25 nitrogen and oxygen atoms in total. The standard InChI is InChI=1S/C28H26N5O9S3.Cu.4Na.2H2O4S.O3S/c1-5-43(36,37)17-7-10-20(26(14-17)45(40,41)42)30-33-27-18-8-12-22(28(35)19(18)9-11-21(27)29-4)31-32-23-13-16(3)25(15-24(23)34)44(38,39)6-2;;;;;;2*1-5(2,3)4;1-4(2)3/h7-11,13-15,29,34-35H,1-2,5-6H2,3-4H3,(H,40,41,42);;;;;;2*(H2,1,2,3,4);/q-3;;4*+1;;;/p-3. The minimum atomic E-state index is -5.17. The Hall–Kier alpha value is -0.571. The number of hydrogen-bond donors (Lipinski definition) is 5. The first-order chi connectivity index (χ1) is 26.8. The van der Waals surface area contributed by atoms with Crippen molar-refractivity contribution in [1.82, 2.24) is 0 Å². The zero-order valence-electron chi connectivity index (χ0n) is 33.8. The minimum Gasteiger partial charge on any atom is -0.744 e. The van der Waals surface area contributed by atoms with Crippen molar-refractivity contribution in [1.29, 1.82) is 0 Å². The predicted octanol–water partition coefficient (Wildman–Crippen LogP) is -9.63. The number of rotatable bonds is 10. The van der Waals surface area contributed by atoms with Gasteiger partial charge in [-0.2, -0.15) is 27.5 Å². The molecule has 0 aliphatic rings. The number of nitrogens with zero attached hydrogens (tertiary/aromatic N) is 4. The summed E-state index contributed by atoms with van der Waals surface area (Å²) in [6.45, 7) is 8.21. The third kappa shape index (κ3) is 25.2. The molecule has 0 unspecified atom stereocenters. The van der Waals surface area contributed by atoms with Crippen LogP contribution >= 0.6 is 0 Å². The number of phenols is 2. The van der Waals surface area contributed by atoms with E-state index in [1.54, 1.807) is 7.05 Å². The van der Waals surface area contributed by atoms with Crippen molar-refractivity contribution in [2.24, 2.45) is 20.5 Å². The van der Waals surface area contributed by atoms with Crippen molar-refractivity contribution in [3.8, 4) is 11.5 Å². The van der Waals surface area contributed by atoms with Crippen LogP contribution in [0.2, 0.25) is 0 Å². The Balaban J connectivity index is -0.000000533. The van der Waals surface area contributed by atoms with E-state index in [2.05, 4.69) is 45.7 Å². The Kier molecular flexibility index (Phi) is 34.9. The predicted molar refractivity (Wildman–Crippen MR) is 199 cm³/mol. The third-order valence-electron chi connectivity index (χ3n) is 6.54. The van der Waals surface area contributed by atoms with Gasteiger partial charge in [0.1, 0.15) is 27.2 Å². The molecule has 0 bridgehead atoms. The molecule has 1 radical (unpaired) electrons. The molecule has 4 rings (SSSR count). The molecule has 0 aromatic heterocycles. The number of fused-ring (bicyclic) bond motifs is 1. The Morgan fingerprint density at radius 1 is 0.688 bits per heavy atom. The zero-order chi connectivity index (χ0) is 45.9. The number of nitrogens with one attached hydrogen (secondary N) is 1. The van der Waals surface area contributed by atoms with E-state index in [1.807, 2.05) is 0 Å². The number of sulfone groups is 2. The van der Waals surface area contributed by atoms with E-state index < -0.39 is 99.7 Å². The Labute approximate surface area is 468 Å². The van der Waals surface area contributed by atoms with Gasteiger partial charge in [-0.15, -0.1) is 17.7 Å².